The van der Waals surface area contributed by atoms with E-state index in [4.69, 9.17) is 4.74 Å². The maximum absolute atomic E-state index is 13.4. The summed E-state index contributed by atoms with van der Waals surface area (Å²) in [6.07, 6.45) is -6.36. The topological polar surface area (TPSA) is 18.5 Å². The lowest BCUT2D eigenvalue weighted by atomic mass is 10.0. The largest absolute Gasteiger partial charge is 0.494 e. The number of hydrogen-bond acceptors (Lipinski definition) is 2. The van der Waals surface area contributed by atoms with E-state index in [9.17, 15) is 22.0 Å². The number of ether oxygens (including phenoxy) is 2. The van der Waals surface area contributed by atoms with E-state index >= 15 is 0 Å². The van der Waals surface area contributed by atoms with E-state index in [1.54, 1.807) is 0 Å². The van der Waals surface area contributed by atoms with Crippen LogP contribution in [0.1, 0.15) is 18.1 Å². The zero-order valence-corrected chi connectivity index (χ0v) is 10.3. The first-order valence-electron chi connectivity index (χ1n) is 5.34. The van der Waals surface area contributed by atoms with Crippen LogP contribution in [0.4, 0.5) is 22.0 Å². The van der Waals surface area contributed by atoms with Gasteiger partial charge in [-0.2, -0.15) is 0 Å². The summed E-state index contributed by atoms with van der Waals surface area (Å²) in [6.45, 7) is 0. The molecule has 0 aromatic heterocycles. The lowest BCUT2D eigenvalue weighted by molar-refractivity contribution is -0.152. The zero-order chi connectivity index (χ0) is 14.6. The van der Waals surface area contributed by atoms with Gasteiger partial charge in [0.15, 0.2) is 11.6 Å². The monoisotopic (exact) mass is 284 g/mol. The van der Waals surface area contributed by atoms with E-state index in [1.165, 1.54) is 19.2 Å². The fourth-order valence-corrected chi connectivity index (χ4v) is 1.56. The molecule has 19 heavy (non-hydrogen) atoms. The Morgan fingerprint density at radius 3 is 2.26 bits per heavy atom. The Bertz CT molecular complexity index is 423. The maximum Gasteiger partial charge on any atom is 0.310 e. The van der Waals surface area contributed by atoms with Gasteiger partial charge in [0.1, 0.15) is 0 Å². The molecular weight excluding hydrogens is 271 g/mol. The minimum Gasteiger partial charge on any atom is -0.494 e. The minimum atomic E-state index is -4.20. The summed E-state index contributed by atoms with van der Waals surface area (Å²) in [5, 5.41) is 0. The van der Waals surface area contributed by atoms with Crippen molar-refractivity contribution in [2.45, 2.75) is 24.9 Å². The SMILES string of the molecule is COc1ccc(C(CC(F)(F)C(F)F)OC)cc1F. The van der Waals surface area contributed by atoms with Crippen LogP contribution >= 0.6 is 0 Å². The van der Waals surface area contributed by atoms with Crippen LogP contribution in [0, 0.1) is 5.82 Å². The second-order valence-corrected chi connectivity index (χ2v) is 3.88. The molecule has 1 aromatic rings. The van der Waals surface area contributed by atoms with Gasteiger partial charge in [-0.05, 0) is 17.7 Å². The molecule has 0 radical (unpaired) electrons. The Kier molecular flexibility index (Phi) is 5.11. The van der Waals surface area contributed by atoms with E-state index in [0.717, 1.165) is 13.2 Å². The first-order valence-corrected chi connectivity index (χ1v) is 5.34. The average Bonchev–Trinajstić information content (AvgIpc) is 2.35. The molecule has 0 heterocycles. The van der Waals surface area contributed by atoms with E-state index in [0.29, 0.717) is 0 Å². The first-order chi connectivity index (χ1) is 8.81. The molecule has 0 spiro atoms. The Labute approximate surface area is 107 Å². The predicted molar refractivity (Wildman–Crippen MR) is 58.3 cm³/mol. The van der Waals surface area contributed by atoms with Gasteiger partial charge >= 0.3 is 12.3 Å². The summed E-state index contributed by atoms with van der Waals surface area (Å²) >= 11 is 0. The van der Waals surface area contributed by atoms with E-state index in [-0.39, 0.29) is 11.3 Å². The van der Waals surface area contributed by atoms with Crippen molar-refractivity contribution in [1.82, 2.24) is 0 Å². The third-order valence-corrected chi connectivity index (χ3v) is 2.61. The van der Waals surface area contributed by atoms with Crippen LogP contribution in [0.15, 0.2) is 18.2 Å². The van der Waals surface area contributed by atoms with Crippen molar-refractivity contribution >= 4 is 0 Å². The highest BCUT2D eigenvalue weighted by Crippen LogP contribution is 2.35. The number of hydrogen-bond donors (Lipinski definition) is 0. The molecule has 7 heteroatoms. The van der Waals surface area contributed by atoms with Gasteiger partial charge in [-0.25, -0.2) is 22.0 Å². The first kappa shape index (κ1) is 15.7. The summed E-state index contributed by atoms with van der Waals surface area (Å²) in [5.74, 6) is -5.04. The third-order valence-electron chi connectivity index (χ3n) is 2.61. The Morgan fingerprint density at radius 1 is 1.21 bits per heavy atom. The summed E-state index contributed by atoms with van der Waals surface area (Å²) < 4.78 is 73.0. The number of rotatable bonds is 6. The quantitative estimate of drug-likeness (QED) is 0.739. The molecule has 0 saturated heterocycles. The van der Waals surface area contributed by atoms with Crippen LogP contribution in [0.25, 0.3) is 0 Å². The van der Waals surface area contributed by atoms with Gasteiger partial charge < -0.3 is 9.47 Å². The van der Waals surface area contributed by atoms with Crippen molar-refractivity contribution in [3.05, 3.63) is 29.6 Å². The summed E-state index contributed by atoms with van der Waals surface area (Å²) in [5.41, 5.74) is 0.0427. The van der Waals surface area contributed by atoms with Crippen molar-refractivity contribution in [2.24, 2.45) is 0 Å². The van der Waals surface area contributed by atoms with Crippen molar-refractivity contribution < 1.29 is 31.4 Å². The maximum atomic E-state index is 13.4. The second kappa shape index (κ2) is 6.18. The third kappa shape index (κ3) is 3.79. The highest BCUT2D eigenvalue weighted by Gasteiger charge is 2.43. The van der Waals surface area contributed by atoms with Crippen molar-refractivity contribution in [1.29, 1.82) is 0 Å². The highest BCUT2D eigenvalue weighted by molar-refractivity contribution is 5.30. The molecule has 2 nitrogen and oxygen atoms in total. The fraction of sp³-hybridized carbons (Fsp3) is 0.500. The number of alkyl halides is 4. The zero-order valence-electron chi connectivity index (χ0n) is 10.3. The van der Waals surface area contributed by atoms with Gasteiger partial charge in [0.05, 0.1) is 13.2 Å². The molecule has 1 atom stereocenters. The predicted octanol–water partition coefficient (Wildman–Crippen LogP) is 3.81. The summed E-state index contributed by atoms with van der Waals surface area (Å²) in [7, 11) is 2.34. The lowest BCUT2D eigenvalue weighted by Gasteiger charge is -2.22. The van der Waals surface area contributed by atoms with Gasteiger partial charge in [-0.15, -0.1) is 0 Å². The molecule has 0 amide bonds. The number of halogens is 5. The van der Waals surface area contributed by atoms with E-state index < -0.39 is 30.7 Å². The number of methoxy groups -OCH3 is 2. The van der Waals surface area contributed by atoms with E-state index in [1.807, 2.05) is 0 Å². The van der Waals surface area contributed by atoms with Crippen LogP contribution in [0.2, 0.25) is 0 Å². The molecule has 0 bridgehead atoms. The molecule has 0 saturated carbocycles. The van der Waals surface area contributed by atoms with Crippen LogP contribution in [-0.2, 0) is 4.74 Å². The van der Waals surface area contributed by atoms with Gasteiger partial charge in [-0.1, -0.05) is 6.07 Å². The molecule has 108 valence electrons. The van der Waals surface area contributed by atoms with E-state index in [2.05, 4.69) is 4.74 Å². The van der Waals surface area contributed by atoms with Crippen molar-refractivity contribution in [2.75, 3.05) is 14.2 Å². The molecule has 1 unspecified atom stereocenters. The van der Waals surface area contributed by atoms with Crippen molar-refractivity contribution in [3.63, 3.8) is 0 Å². The summed E-state index contributed by atoms with van der Waals surface area (Å²) in [4.78, 5) is 0. The Hall–Kier alpha value is -1.37. The standard InChI is InChI=1S/C12H13F5O2/c1-18-9-4-3-7(5-8(9)13)10(19-2)6-12(16,17)11(14)15/h3-5,10-11H,6H2,1-2H3. The van der Waals surface area contributed by atoms with Crippen molar-refractivity contribution in [3.8, 4) is 5.75 Å². The molecule has 0 aliphatic heterocycles. The molecule has 1 aromatic carbocycles. The van der Waals surface area contributed by atoms with Crippen LogP contribution in [-0.4, -0.2) is 26.6 Å². The van der Waals surface area contributed by atoms with Gasteiger partial charge in [0.25, 0.3) is 0 Å². The number of benzene rings is 1. The average molecular weight is 284 g/mol. The van der Waals surface area contributed by atoms with Gasteiger partial charge in [0.2, 0.25) is 0 Å². The smallest absolute Gasteiger partial charge is 0.310 e. The lowest BCUT2D eigenvalue weighted by Crippen LogP contribution is -2.29. The molecule has 0 aliphatic rings. The van der Waals surface area contributed by atoms with Gasteiger partial charge in [0, 0.05) is 13.5 Å². The Balaban J connectivity index is 2.95. The fourth-order valence-electron chi connectivity index (χ4n) is 1.56. The van der Waals surface area contributed by atoms with Gasteiger partial charge in [-0.3, -0.25) is 0 Å². The second-order valence-electron chi connectivity index (χ2n) is 3.88. The molecule has 0 aliphatic carbocycles. The Morgan fingerprint density at radius 2 is 1.84 bits per heavy atom. The molecule has 0 N–H and O–H groups in total. The summed E-state index contributed by atoms with van der Waals surface area (Å²) in [6, 6.07) is 3.43. The minimum absolute atomic E-state index is 0.0427. The molecule has 0 fully saturated rings. The molecule has 1 rings (SSSR count). The van der Waals surface area contributed by atoms with Crippen LogP contribution in [0.3, 0.4) is 0 Å². The molecular formula is C12H13F5O2. The van der Waals surface area contributed by atoms with Crippen LogP contribution < -0.4 is 4.74 Å². The highest BCUT2D eigenvalue weighted by atomic mass is 19.3. The van der Waals surface area contributed by atoms with Crippen LogP contribution in [0.5, 0.6) is 5.75 Å². The normalized spacial score (nSPS) is 13.7.